The second-order valence-corrected chi connectivity index (χ2v) is 8.60. The van der Waals surface area contributed by atoms with E-state index in [1.807, 2.05) is 87.4 Å². The quantitative estimate of drug-likeness (QED) is 0.358. The van der Waals surface area contributed by atoms with Gasteiger partial charge in [-0.05, 0) is 45.6 Å². The lowest BCUT2D eigenvalue weighted by atomic mass is 9.95. The number of carbonyl (C=O) groups is 2. The molecule has 0 unspecified atom stereocenters. The van der Waals surface area contributed by atoms with Crippen molar-refractivity contribution in [3.8, 4) is 5.69 Å². The molecule has 33 heavy (non-hydrogen) atoms. The minimum Gasteiger partial charge on any atom is -0.507 e. The molecule has 1 fully saturated rings. The summed E-state index contributed by atoms with van der Waals surface area (Å²) in [5.74, 6) is -1.48. The van der Waals surface area contributed by atoms with Crippen molar-refractivity contribution in [2.45, 2.75) is 19.9 Å². The summed E-state index contributed by atoms with van der Waals surface area (Å²) >= 11 is 0. The number of hydrogen-bond donors (Lipinski definition) is 1. The number of likely N-dealkylation sites (tertiary alicyclic amines) is 1. The fraction of sp³-hybridized carbons (Fsp3) is 0.269. The summed E-state index contributed by atoms with van der Waals surface area (Å²) in [6, 6.07) is 16.6. The highest BCUT2D eigenvalue weighted by molar-refractivity contribution is 6.46. The molecule has 4 rings (SSSR count). The van der Waals surface area contributed by atoms with E-state index >= 15 is 0 Å². The first-order valence-electron chi connectivity index (χ1n) is 10.9. The number of aliphatic hydroxyl groups excluding tert-OH is 1. The third-order valence-electron chi connectivity index (χ3n) is 5.99. The highest BCUT2D eigenvalue weighted by atomic mass is 16.3. The number of aliphatic hydroxyl groups is 1. The average Bonchev–Trinajstić information content (AvgIpc) is 3.30. The van der Waals surface area contributed by atoms with Crippen LogP contribution in [-0.4, -0.2) is 63.6 Å². The zero-order chi connectivity index (χ0) is 23.7. The van der Waals surface area contributed by atoms with E-state index in [9.17, 15) is 14.7 Å². The number of rotatable bonds is 6. The average molecular weight is 445 g/mol. The maximum atomic E-state index is 13.2. The second kappa shape index (κ2) is 9.03. The molecule has 0 spiro atoms. The number of aryl methyl sites for hydroxylation is 1. The molecule has 1 aromatic heterocycles. The summed E-state index contributed by atoms with van der Waals surface area (Å²) in [5, 5.41) is 15.8. The number of ketones is 1. The molecule has 1 N–H and O–H groups in total. The van der Waals surface area contributed by atoms with E-state index in [1.165, 1.54) is 6.20 Å². The van der Waals surface area contributed by atoms with Crippen LogP contribution in [0.5, 0.6) is 0 Å². The van der Waals surface area contributed by atoms with Gasteiger partial charge in [-0.3, -0.25) is 9.59 Å². The third kappa shape index (κ3) is 4.19. The summed E-state index contributed by atoms with van der Waals surface area (Å²) in [4.78, 5) is 29.7. The number of para-hydroxylation sites is 1. The Morgan fingerprint density at radius 1 is 1.03 bits per heavy atom. The van der Waals surface area contributed by atoms with Crippen LogP contribution in [-0.2, 0) is 9.59 Å². The normalized spacial score (nSPS) is 17.8. The molecule has 7 nitrogen and oxygen atoms in total. The van der Waals surface area contributed by atoms with Crippen LogP contribution in [0.1, 0.15) is 28.4 Å². The van der Waals surface area contributed by atoms with Gasteiger partial charge in [-0.2, -0.15) is 5.10 Å². The Hall–Kier alpha value is -3.71. The zero-order valence-electron chi connectivity index (χ0n) is 19.3. The van der Waals surface area contributed by atoms with Crippen LogP contribution >= 0.6 is 0 Å². The lowest BCUT2D eigenvalue weighted by Gasteiger charge is -2.26. The minimum absolute atomic E-state index is 0.0957. The van der Waals surface area contributed by atoms with Gasteiger partial charge in [0.2, 0.25) is 0 Å². The first kappa shape index (κ1) is 22.5. The molecular weight excluding hydrogens is 416 g/mol. The number of carbonyl (C=O) groups excluding carboxylic acids is 2. The van der Waals surface area contributed by atoms with Crippen LogP contribution in [0.4, 0.5) is 0 Å². The van der Waals surface area contributed by atoms with E-state index in [-0.39, 0.29) is 11.3 Å². The molecule has 7 heteroatoms. The van der Waals surface area contributed by atoms with Crippen LogP contribution in [0.15, 0.2) is 66.4 Å². The maximum absolute atomic E-state index is 13.2. The van der Waals surface area contributed by atoms with Crippen LogP contribution in [0.2, 0.25) is 0 Å². The van der Waals surface area contributed by atoms with Gasteiger partial charge in [0.15, 0.2) is 0 Å². The SMILES string of the molecule is Cc1ccc([C@H]2C(=C(O)c3cnn(-c4ccccc4)c3C)C(=O)C(=O)N2CCN(C)C)cc1. The molecule has 1 aliphatic heterocycles. The number of Topliss-reactive ketones (excluding diaryl/α,β-unsaturated/α-hetero) is 1. The van der Waals surface area contributed by atoms with Gasteiger partial charge >= 0.3 is 0 Å². The molecule has 170 valence electrons. The summed E-state index contributed by atoms with van der Waals surface area (Å²) in [6.07, 6.45) is 1.54. The molecule has 2 aromatic carbocycles. The summed E-state index contributed by atoms with van der Waals surface area (Å²) in [5.41, 5.74) is 3.91. The summed E-state index contributed by atoms with van der Waals surface area (Å²) < 4.78 is 1.71. The van der Waals surface area contributed by atoms with Crippen molar-refractivity contribution < 1.29 is 14.7 Å². The molecule has 2 heterocycles. The minimum atomic E-state index is -0.677. The van der Waals surface area contributed by atoms with Gasteiger partial charge in [0.05, 0.1) is 34.8 Å². The zero-order valence-corrected chi connectivity index (χ0v) is 19.3. The van der Waals surface area contributed by atoms with Gasteiger partial charge in [0, 0.05) is 13.1 Å². The number of aromatic nitrogens is 2. The standard InChI is InChI=1S/C26H28N4O3/c1-17-10-12-19(13-11-17)23-22(25(32)26(33)29(23)15-14-28(3)4)24(31)21-16-27-30(18(21)2)20-8-6-5-7-9-20/h5-13,16,23,31H,14-15H2,1-4H3/t23-/m0/s1. The van der Waals surface area contributed by atoms with E-state index in [1.54, 1.807) is 9.58 Å². The number of benzene rings is 2. The molecule has 0 saturated carbocycles. The Balaban J connectivity index is 1.84. The highest BCUT2D eigenvalue weighted by Crippen LogP contribution is 2.39. The molecule has 1 saturated heterocycles. The predicted octanol–water partition coefficient (Wildman–Crippen LogP) is 3.47. The summed E-state index contributed by atoms with van der Waals surface area (Å²) in [7, 11) is 3.83. The van der Waals surface area contributed by atoms with Gasteiger partial charge < -0.3 is 14.9 Å². The van der Waals surface area contributed by atoms with Crippen LogP contribution in [0.25, 0.3) is 11.4 Å². The lowest BCUT2D eigenvalue weighted by Crippen LogP contribution is -2.35. The Morgan fingerprint density at radius 2 is 1.70 bits per heavy atom. The Labute approximate surface area is 193 Å². The van der Waals surface area contributed by atoms with Crippen molar-refractivity contribution in [1.29, 1.82) is 0 Å². The fourth-order valence-corrected chi connectivity index (χ4v) is 4.13. The molecule has 0 bridgehead atoms. The first-order chi connectivity index (χ1) is 15.8. The largest absolute Gasteiger partial charge is 0.507 e. The van der Waals surface area contributed by atoms with Crippen molar-refractivity contribution in [2.24, 2.45) is 0 Å². The third-order valence-corrected chi connectivity index (χ3v) is 5.99. The summed E-state index contributed by atoms with van der Waals surface area (Å²) in [6.45, 7) is 4.78. The predicted molar refractivity (Wildman–Crippen MR) is 127 cm³/mol. The van der Waals surface area contributed by atoms with E-state index in [0.29, 0.717) is 24.3 Å². The highest BCUT2D eigenvalue weighted by Gasteiger charge is 2.46. The molecule has 0 aliphatic carbocycles. The van der Waals surface area contributed by atoms with Crippen LogP contribution in [0, 0.1) is 13.8 Å². The molecule has 1 atom stereocenters. The number of hydrogen-bond acceptors (Lipinski definition) is 5. The van der Waals surface area contributed by atoms with Crippen LogP contribution < -0.4 is 0 Å². The smallest absolute Gasteiger partial charge is 0.295 e. The number of likely N-dealkylation sites (N-methyl/N-ethyl adjacent to an activating group) is 1. The van der Waals surface area contributed by atoms with Crippen LogP contribution in [0.3, 0.4) is 0 Å². The molecule has 1 amide bonds. The van der Waals surface area contributed by atoms with Crippen molar-refractivity contribution in [3.05, 3.63) is 88.8 Å². The Kier molecular flexibility index (Phi) is 6.16. The molecule has 0 radical (unpaired) electrons. The van der Waals surface area contributed by atoms with Crippen molar-refractivity contribution >= 4 is 17.4 Å². The van der Waals surface area contributed by atoms with Crippen molar-refractivity contribution in [2.75, 3.05) is 27.2 Å². The van der Waals surface area contributed by atoms with E-state index in [2.05, 4.69) is 5.10 Å². The number of nitrogens with zero attached hydrogens (tertiary/aromatic N) is 4. The molecule has 1 aliphatic rings. The molecular formula is C26H28N4O3. The first-order valence-corrected chi connectivity index (χ1v) is 10.9. The van der Waals surface area contributed by atoms with Crippen molar-refractivity contribution in [3.63, 3.8) is 0 Å². The van der Waals surface area contributed by atoms with E-state index in [4.69, 9.17) is 0 Å². The van der Waals surface area contributed by atoms with Gasteiger partial charge in [0.1, 0.15) is 5.76 Å². The molecule has 3 aromatic rings. The lowest BCUT2D eigenvalue weighted by molar-refractivity contribution is -0.140. The van der Waals surface area contributed by atoms with Gasteiger partial charge in [-0.15, -0.1) is 0 Å². The van der Waals surface area contributed by atoms with E-state index < -0.39 is 17.7 Å². The van der Waals surface area contributed by atoms with Crippen molar-refractivity contribution in [1.82, 2.24) is 19.6 Å². The van der Waals surface area contributed by atoms with Gasteiger partial charge in [0.25, 0.3) is 11.7 Å². The monoisotopic (exact) mass is 444 g/mol. The maximum Gasteiger partial charge on any atom is 0.295 e. The van der Waals surface area contributed by atoms with E-state index in [0.717, 1.165) is 16.8 Å². The van der Waals surface area contributed by atoms with Gasteiger partial charge in [-0.1, -0.05) is 48.0 Å². The Morgan fingerprint density at radius 3 is 2.33 bits per heavy atom. The fourth-order valence-electron chi connectivity index (χ4n) is 4.13. The Bertz CT molecular complexity index is 1210. The topological polar surface area (TPSA) is 78.7 Å². The second-order valence-electron chi connectivity index (χ2n) is 8.60. The number of amides is 1. The van der Waals surface area contributed by atoms with Gasteiger partial charge in [-0.25, -0.2) is 4.68 Å².